The number of aromatic carboxylic acids is 1. The summed E-state index contributed by atoms with van der Waals surface area (Å²) in [5, 5.41) is 12.3. The summed E-state index contributed by atoms with van der Waals surface area (Å²) in [5.41, 5.74) is 0.198. The molecule has 0 aromatic heterocycles. The van der Waals surface area contributed by atoms with Crippen molar-refractivity contribution in [3.63, 3.8) is 0 Å². The van der Waals surface area contributed by atoms with E-state index in [0.29, 0.717) is 24.9 Å². The van der Waals surface area contributed by atoms with Gasteiger partial charge in [-0.1, -0.05) is 12.1 Å². The maximum absolute atomic E-state index is 11.0. The summed E-state index contributed by atoms with van der Waals surface area (Å²) < 4.78 is 5.50. The number of ether oxygens (including phenoxy) is 1. The molecule has 0 aliphatic rings. The Morgan fingerprint density at radius 1 is 1.42 bits per heavy atom. The fraction of sp³-hybridized carbons (Fsp3) is 0.500. The molecule has 0 spiro atoms. The van der Waals surface area contributed by atoms with E-state index in [2.05, 4.69) is 17.1 Å². The molecule has 0 bridgehead atoms. The zero-order valence-electron chi connectivity index (χ0n) is 11.7. The van der Waals surface area contributed by atoms with Crippen molar-refractivity contribution in [1.82, 2.24) is 10.2 Å². The smallest absolute Gasteiger partial charge is 0.339 e. The molecule has 0 saturated heterocycles. The molecule has 2 N–H and O–H groups in total. The Bertz CT molecular complexity index is 407. The van der Waals surface area contributed by atoms with Gasteiger partial charge in [-0.3, -0.25) is 0 Å². The van der Waals surface area contributed by atoms with Crippen LogP contribution in [0, 0.1) is 0 Å². The van der Waals surface area contributed by atoms with Crippen LogP contribution in [-0.2, 0) is 0 Å². The van der Waals surface area contributed by atoms with E-state index in [1.165, 1.54) is 0 Å². The van der Waals surface area contributed by atoms with Crippen LogP contribution in [0.25, 0.3) is 0 Å². The number of nitrogens with zero attached hydrogens (tertiary/aromatic N) is 1. The van der Waals surface area contributed by atoms with Crippen molar-refractivity contribution >= 4 is 5.97 Å². The molecule has 0 aliphatic heterocycles. The number of rotatable bonds is 8. The van der Waals surface area contributed by atoms with Gasteiger partial charge in [0.05, 0.1) is 0 Å². The number of carbonyl (C=O) groups is 1. The van der Waals surface area contributed by atoms with Crippen molar-refractivity contribution in [2.24, 2.45) is 0 Å². The van der Waals surface area contributed by atoms with Gasteiger partial charge in [-0.25, -0.2) is 4.79 Å². The van der Waals surface area contributed by atoms with Crippen LogP contribution < -0.4 is 10.1 Å². The maximum Gasteiger partial charge on any atom is 0.339 e. The Balaban J connectivity index is 2.35. The fourth-order valence-corrected chi connectivity index (χ4v) is 1.85. The highest BCUT2D eigenvalue weighted by Gasteiger charge is 2.09. The zero-order chi connectivity index (χ0) is 14.3. The number of nitrogens with one attached hydrogen (secondary N) is 1. The summed E-state index contributed by atoms with van der Waals surface area (Å²) in [4.78, 5) is 13.1. The van der Waals surface area contributed by atoms with Gasteiger partial charge in [0.1, 0.15) is 17.9 Å². The van der Waals surface area contributed by atoms with Gasteiger partial charge in [-0.05, 0) is 33.2 Å². The highest BCUT2D eigenvalue weighted by Crippen LogP contribution is 2.17. The Morgan fingerprint density at radius 2 is 2.11 bits per heavy atom. The minimum absolute atomic E-state index is 0.198. The predicted molar refractivity (Wildman–Crippen MR) is 74.9 cm³/mol. The summed E-state index contributed by atoms with van der Waals surface area (Å²) in [5.74, 6) is -0.554. The van der Waals surface area contributed by atoms with E-state index in [1.54, 1.807) is 24.3 Å². The minimum atomic E-state index is -0.968. The van der Waals surface area contributed by atoms with Gasteiger partial charge in [0.25, 0.3) is 0 Å². The number of carboxylic acid groups (broad SMARTS) is 1. The third-order valence-electron chi connectivity index (χ3n) is 2.61. The largest absolute Gasteiger partial charge is 0.491 e. The second kappa shape index (κ2) is 7.76. The average Bonchev–Trinajstić information content (AvgIpc) is 2.34. The SMILES string of the molecule is CC(CN(C)C)NCCOc1ccccc1C(=O)O. The first-order chi connectivity index (χ1) is 9.00. The van der Waals surface area contributed by atoms with E-state index in [1.807, 2.05) is 14.1 Å². The van der Waals surface area contributed by atoms with E-state index in [0.717, 1.165) is 6.54 Å². The van der Waals surface area contributed by atoms with Gasteiger partial charge in [-0.2, -0.15) is 0 Å². The molecular weight excluding hydrogens is 244 g/mol. The first-order valence-corrected chi connectivity index (χ1v) is 6.34. The van der Waals surface area contributed by atoms with Crippen molar-refractivity contribution in [1.29, 1.82) is 0 Å². The van der Waals surface area contributed by atoms with Crippen LogP contribution in [0.4, 0.5) is 0 Å². The van der Waals surface area contributed by atoms with Crippen molar-refractivity contribution < 1.29 is 14.6 Å². The molecule has 1 aromatic carbocycles. The Morgan fingerprint density at radius 3 is 2.74 bits per heavy atom. The molecule has 106 valence electrons. The third-order valence-corrected chi connectivity index (χ3v) is 2.61. The standard InChI is InChI=1S/C14H22N2O3/c1-11(10-16(2)3)15-8-9-19-13-7-5-4-6-12(13)14(17)18/h4-7,11,15H,8-10H2,1-3H3,(H,17,18). The normalized spacial score (nSPS) is 12.4. The molecule has 19 heavy (non-hydrogen) atoms. The first kappa shape index (κ1) is 15.5. The quantitative estimate of drug-likeness (QED) is 0.695. The molecule has 1 atom stereocenters. The highest BCUT2D eigenvalue weighted by molar-refractivity contribution is 5.90. The number of hydrogen-bond acceptors (Lipinski definition) is 4. The molecule has 1 aromatic rings. The zero-order valence-corrected chi connectivity index (χ0v) is 11.7. The summed E-state index contributed by atoms with van der Waals surface area (Å²) in [7, 11) is 4.05. The highest BCUT2D eigenvalue weighted by atomic mass is 16.5. The van der Waals surface area contributed by atoms with Gasteiger partial charge in [-0.15, -0.1) is 0 Å². The fourth-order valence-electron chi connectivity index (χ4n) is 1.85. The van der Waals surface area contributed by atoms with Crippen LogP contribution in [0.2, 0.25) is 0 Å². The molecule has 0 fully saturated rings. The molecule has 0 heterocycles. The van der Waals surface area contributed by atoms with Crippen LogP contribution in [0.3, 0.4) is 0 Å². The van der Waals surface area contributed by atoms with Gasteiger partial charge in [0, 0.05) is 19.1 Å². The predicted octanol–water partition coefficient (Wildman–Crippen LogP) is 1.30. The number of hydrogen-bond donors (Lipinski definition) is 2. The van der Waals surface area contributed by atoms with Crippen LogP contribution >= 0.6 is 0 Å². The van der Waals surface area contributed by atoms with Crippen molar-refractivity contribution in [3.8, 4) is 5.75 Å². The lowest BCUT2D eigenvalue weighted by Crippen LogP contribution is -2.37. The molecule has 5 nitrogen and oxygen atoms in total. The second-order valence-corrected chi connectivity index (χ2v) is 4.77. The van der Waals surface area contributed by atoms with E-state index >= 15 is 0 Å². The molecular formula is C14H22N2O3. The number of benzene rings is 1. The lowest BCUT2D eigenvalue weighted by molar-refractivity contribution is 0.0692. The molecule has 0 saturated carbocycles. The van der Waals surface area contributed by atoms with Crippen LogP contribution in [-0.4, -0.2) is 55.8 Å². The Kier molecular flexibility index (Phi) is 6.32. The number of likely N-dealkylation sites (N-methyl/N-ethyl adjacent to an activating group) is 1. The summed E-state index contributed by atoms with van der Waals surface area (Å²) >= 11 is 0. The lowest BCUT2D eigenvalue weighted by Gasteiger charge is -2.18. The Hall–Kier alpha value is -1.59. The second-order valence-electron chi connectivity index (χ2n) is 4.77. The summed E-state index contributed by atoms with van der Waals surface area (Å²) in [6, 6.07) is 7.04. The van der Waals surface area contributed by atoms with E-state index in [4.69, 9.17) is 9.84 Å². The molecule has 0 aliphatic carbocycles. The summed E-state index contributed by atoms with van der Waals surface area (Å²) in [6.45, 7) is 4.18. The van der Waals surface area contributed by atoms with Gasteiger partial charge >= 0.3 is 5.97 Å². The van der Waals surface area contributed by atoms with E-state index in [9.17, 15) is 4.79 Å². The van der Waals surface area contributed by atoms with Crippen molar-refractivity contribution in [2.75, 3.05) is 33.8 Å². The van der Waals surface area contributed by atoms with E-state index < -0.39 is 5.97 Å². The van der Waals surface area contributed by atoms with Crippen molar-refractivity contribution in [3.05, 3.63) is 29.8 Å². The maximum atomic E-state index is 11.0. The van der Waals surface area contributed by atoms with Gasteiger partial charge < -0.3 is 20.1 Å². The van der Waals surface area contributed by atoms with E-state index in [-0.39, 0.29) is 5.56 Å². The number of carboxylic acids is 1. The molecule has 1 unspecified atom stereocenters. The van der Waals surface area contributed by atoms with Crippen LogP contribution in [0.5, 0.6) is 5.75 Å². The monoisotopic (exact) mass is 266 g/mol. The molecule has 0 radical (unpaired) electrons. The molecule has 5 heteroatoms. The minimum Gasteiger partial charge on any atom is -0.491 e. The van der Waals surface area contributed by atoms with Crippen LogP contribution in [0.15, 0.2) is 24.3 Å². The first-order valence-electron chi connectivity index (χ1n) is 6.34. The van der Waals surface area contributed by atoms with Crippen molar-refractivity contribution in [2.45, 2.75) is 13.0 Å². The number of para-hydroxylation sites is 1. The molecule has 1 rings (SSSR count). The molecule has 0 amide bonds. The average molecular weight is 266 g/mol. The van der Waals surface area contributed by atoms with Gasteiger partial charge in [0.15, 0.2) is 0 Å². The van der Waals surface area contributed by atoms with Crippen LogP contribution in [0.1, 0.15) is 17.3 Å². The van der Waals surface area contributed by atoms with Gasteiger partial charge in [0.2, 0.25) is 0 Å². The Labute approximate surface area is 114 Å². The lowest BCUT2D eigenvalue weighted by atomic mass is 10.2. The third kappa shape index (κ3) is 5.72. The summed E-state index contributed by atoms with van der Waals surface area (Å²) in [6.07, 6.45) is 0. The topological polar surface area (TPSA) is 61.8 Å².